The molecule has 6 heteroatoms. The SMILES string of the molecule is O=C(Nc1ccc(NCCN2CCOCC2)cc1)c1cccs1. The van der Waals surface area contributed by atoms with E-state index >= 15 is 0 Å². The van der Waals surface area contributed by atoms with Crippen molar-refractivity contribution in [3.8, 4) is 0 Å². The summed E-state index contributed by atoms with van der Waals surface area (Å²) in [5.74, 6) is -0.0620. The minimum absolute atomic E-state index is 0.0620. The maximum atomic E-state index is 12.0. The van der Waals surface area contributed by atoms with Gasteiger partial charge in [0, 0.05) is 37.6 Å². The van der Waals surface area contributed by atoms with Crippen molar-refractivity contribution in [1.29, 1.82) is 0 Å². The highest BCUT2D eigenvalue weighted by Crippen LogP contribution is 2.16. The molecule has 0 spiro atoms. The summed E-state index contributed by atoms with van der Waals surface area (Å²) in [6, 6.07) is 11.5. The third-order valence-corrected chi connectivity index (χ3v) is 4.62. The van der Waals surface area contributed by atoms with E-state index in [-0.39, 0.29) is 5.91 Å². The summed E-state index contributed by atoms with van der Waals surface area (Å²) < 4.78 is 5.34. The molecule has 23 heavy (non-hydrogen) atoms. The van der Waals surface area contributed by atoms with Crippen LogP contribution in [0.1, 0.15) is 9.67 Å². The van der Waals surface area contributed by atoms with E-state index in [1.165, 1.54) is 11.3 Å². The highest BCUT2D eigenvalue weighted by molar-refractivity contribution is 7.12. The number of rotatable bonds is 6. The molecule has 0 aliphatic carbocycles. The van der Waals surface area contributed by atoms with Crippen LogP contribution in [0.2, 0.25) is 0 Å². The molecule has 1 aliphatic heterocycles. The van der Waals surface area contributed by atoms with Gasteiger partial charge in [0.15, 0.2) is 0 Å². The van der Waals surface area contributed by atoms with Crippen LogP contribution in [0, 0.1) is 0 Å². The van der Waals surface area contributed by atoms with E-state index in [0.29, 0.717) is 0 Å². The fourth-order valence-corrected chi connectivity index (χ4v) is 3.07. The average Bonchev–Trinajstić information content (AvgIpc) is 3.12. The van der Waals surface area contributed by atoms with Gasteiger partial charge in [-0.3, -0.25) is 9.69 Å². The Hall–Kier alpha value is -1.89. The molecule has 2 heterocycles. The van der Waals surface area contributed by atoms with Crippen LogP contribution in [-0.4, -0.2) is 50.2 Å². The molecule has 2 N–H and O–H groups in total. The molecule has 0 saturated carbocycles. The van der Waals surface area contributed by atoms with Gasteiger partial charge in [0.2, 0.25) is 0 Å². The fourth-order valence-electron chi connectivity index (χ4n) is 2.45. The molecule has 1 aromatic carbocycles. The Labute approximate surface area is 140 Å². The fraction of sp³-hybridized carbons (Fsp3) is 0.353. The molecule has 2 aromatic rings. The first-order chi connectivity index (χ1) is 11.3. The Morgan fingerprint density at radius 2 is 1.87 bits per heavy atom. The summed E-state index contributed by atoms with van der Waals surface area (Å²) >= 11 is 1.44. The minimum Gasteiger partial charge on any atom is -0.384 e. The largest absolute Gasteiger partial charge is 0.384 e. The van der Waals surface area contributed by atoms with Crippen molar-refractivity contribution in [1.82, 2.24) is 4.90 Å². The summed E-state index contributed by atoms with van der Waals surface area (Å²) in [6.07, 6.45) is 0. The number of hydrogen-bond donors (Lipinski definition) is 2. The smallest absolute Gasteiger partial charge is 0.265 e. The van der Waals surface area contributed by atoms with E-state index in [4.69, 9.17) is 4.74 Å². The first-order valence-electron chi connectivity index (χ1n) is 7.80. The van der Waals surface area contributed by atoms with E-state index in [0.717, 1.165) is 55.6 Å². The Morgan fingerprint density at radius 3 is 2.57 bits per heavy atom. The summed E-state index contributed by atoms with van der Waals surface area (Å²) in [5, 5.41) is 8.21. The number of benzene rings is 1. The summed E-state index contributed by atoms with van der Waals surface area (Å²) in [5.41, 5.74) is 1.87. The van der Waals surface area contributed by atoms with Crippen molar-refractivity contribution in [3.05, 3.63) is 46.7 Å². The molecular weight excluding hydrogens is 310 g/mol. The third kappa shape index (κ3) is 4.79. The second-order valence-electron chi connectivity index (χ2n) is 5.39. The molecule has 1 aromatic heterocycles. The van der Waals surface area contributed by atoms with Crippen LogP contribution in [0.25, 0.3) is 0 Å². The van der Waals surface area contributed by atoms with Crippen molar-refractivity contribution < 1.29 is 9.53 Å². The zero-order valence-corrected chi connectivity index (χ0v) is 13.8. The molecule has 122 valence electrons. The van der Waals surface area contributed by atoms with Gasteiger partial charge >= 0.3 is 0 Å². The molecule has 0 atom stereocenters. The lowest BCUT2D eigenvalue weighted by atomic mass is 10.2. The van der Waals surface area contributed by atoms with Crippen LogP contribution >= 0.6 is 11.3 Å². The first-order valence-corrected chi connectivity index (χ1v) is 8.68. The number of nitrogens with zero attached hydrogens (tertiary/aromatic N) is 1. The number of nitrogens with one attached hydrogen (secondary N) is 2. The molecule has 5 nitrogen and oxygen atoms in total. The predicted octanol–water partition coefficient (Wildman–Crippen LogP) is 2.74. The van der Waals surface area contributed by atoms with Crippen molar-refractivity contribution in [2.45, 2.75) is 0 Å². The highest BCUT2D eigenvalue weighted by Gasteiger charge is 2.09. The maximum Gasteiger partial charge on any atom is 0.265 e. The van der Waals surface area contributed by atoms with Gasteiger partial charge in [0.05, 0.1) is 18.1 Å². The Kier molecular flexibility index (Phi) is 5.63. The summed E-state index contributed by atoms with van der Waals surface area (Å²) in [6.45, 7) is 5.60. The molecule has 0 bridgehead atoms. The summed E-state index contributed by atoms with van der Waals surface area (Å²) in [7, 11) is 0. The van der Waals surface area contributed by atoms with Gasteiger partial charge in [-0.05, 0) is 35.7 Å². The summed E-state index contributed by atoms with van der Waals surface area (Å²) in [4.78, 5) is 15.1. The molecule has 0 radical (unpaired) electrons. The number of carbonyl (C=O) groups is 1. The predicted molar refractivity (Wildman–Crippen MR) is 94.5 cm³/mol. The Morgan fingerprint density at radius 1 is 1.13 bits per heavy atom. The highest BCUT2D eigenvalue weighted by atomic mass is 32.1. The lowest BCUT2D eigenvalue weighted by Crippen LogP contribution is -2.38. The van der Waals surface area contributed by atoms with Crippen LogP contribution in [0.3, 0.4) is 0 Å². The zero-order valence-electron chi connectivity index (χ0n) is 13.0. The lowest BCUT2D eigenvalue weighted by molar-refractivity contribution is 0.0398. The van der Waals surface area contributed by atoms with E-state index in [1.54, 1.807) is 0 Å². The Bertz CT molecular complexity index is 607. The average molecular weight is 331 g/mol. The molecule has 1 saturated heterocycles. The number of amides is 1. The standard InChI is InChI=1S/C17H21N3O2S/c21-17(16-2-1-13-23-16)19-15-5-3-14(4-6-15)18-7-8-20-9-11-22-12-10-20/h1-6,13,18H,7-12H2,(H,19,21). The number of ether oxygens (including phenoxy) is 1. The molecular formula is C17H21N3O2S. The van der Waals surface area contributed by atoms with Crippen LogP contribution < -0.4 is 10.6 Å². The second-order valence-corrected chi connectivity index (χ2v) is 6.34. The number of thiophene rings is 1. The second kappa shape index (κ2) is 8.10. The van der Waals surface area contributed by atoms with Crippen molar-refractivity contribution >= 4 is 28.6 Å². The van der Waals surface area contributed by atoms with Crippen molar-refractivity contribution in [2.24, 2.45) is 0 Å². The monoisotopic (exact) mass is 331 g/mol. The van der Waals surface area contributed by atoms with Gasteiger partial charge in [-0.1, -0.05) is 6.07 Å². The molecule has 1 aliphatic rings. The zero-order chi connectivity index (χ0) is 15.9. The van der Waals surface area contributed by atoms with Crippen LogP contribution in [0.4, 0.5) is 11.4 Å². The maximum absolute atomic E-state index is 12.0. The van der Waals surface area contributed by atoms with Gasteiger partial charge in [-0.25, -0.2) is 0 Å². The van der Waals surface area contributed by atoms with Gasteiger partial charge in [0.1, 0.15) is 0 Å². The quantitative estimate of drug-likeness (QED) is 0.855. The van der Waals surface area contributed by atoms with Gasteiger partial charge in [0.25, 0.3) is 5.91 Å². The minimum atomic E-state index is -0.0620. The van der Waals surface area contributed by atoms with Crippen molar-refractivity contribution in [3.63, 3.8) is 0 Å². The number of morpholine rings is 1. The third-order valence-electron chi connectivity index (χ3n) is 3.75. The number of hydrogen-bond acceptors (Lipinski definition) is 5. The normalized spacial score (nSPS) is 15.3. The molecule has 1 fully saturated rings. The van der Waals surface area contributed by atoms with Crippen LogP contribution in [0.5, 0.6) is 0 Å². The topological polar surface area (TPSA) is 53.6 Å². The first kappa shape index (κ1) is 16.0. The van der Waals surface area contributed by atoms with Gasteiger partial charge < -0.3 is 15.4 Å². The van der Waals surface area contributed by atoms with E-state index < -0.39 is 0 Å². The molecule has 3 rings (SSSR count). The van der Waals surface area contributed by atoms with E-state index in [9.17, 15) is 4.79 Å². The van der Waals surface area contributed by atoms with E-state index in [2.05, 4.69) is 15.5 Å². The van der Waals surface area contributed by atoms with Crippen LogP contribution in [0.15, 0.2) is 41.8 Å². The van der Waals surface area contributed by atoms with E-state index in [1.807, 2.05) is 41.8 Å². The lowest BCUT2D eigenvalue weighted by Gasteiger charge is -2.26. The Balaban J connectivity index is 1.44. The van der Waals surface area contributed by atoms with Gasteiger partial charge in [-0.15, -0.1) is 11.3 Å². The number of carbonyl (C=O) groups excluding carboxylic acids is 1. The molecule has 1 amide bonds. The van der Waals surface area contributed by atoms with Crippen LogP contribution in [-0.2, 0) is 4.74 Å². The number of anilines is 2. The van der Waals surface area contributed by atoms with Crippen molar-refractivity contribution in [2.75, 3.05) is 50.0 Å². The molecule has 0 unspecified atom stereocenters. The van der Waals surface area contributed by atoms with Gasteiger partial charge in [-0.2, -0.15) is 0 Å².